The zero-order valence-electron chi connectivity index (χ0n) is 17.2. The van der Waals surface area contributed by atoms with Crippen LogP contribution in [-0.4, -0.2) is 48.1 Å². The van der Waals surface area contributed by atoms with Gasteiger partial charge in [0, 0.05) is 0 Å². The molecule has 0 radical (unpaired) electrons. The van der Waals surface area contributed by atoms with Crippen LogP contribution in [0.25, 0.3) is 0 Å². The first-order chi connectivity index (χ1) is 11.8. The van der Waals surface area contributed by atoms with Crippen LogP contribution in [0.4, 0.5) is 0 Å². The van der Waals surface area contributed by atoms with Crippen LogP contribution in [-0.2, 0) is 9.59 Å². The molecular formula is C20H40NNaO3. The van der Waals surface area contributed by atoms with Crippen LogP contribution in [0.3, 0.4) is 0 Å². The van der Waals surface area contributed by atoms with Gasteiger partial charge in [-0.15, -0.1) is 0 Å². The Morgan fingerprint density at radius 2 is 1.28 bits per heavy atom. The summed E-state index contributed by atoms with van der Waals surface area (Å²) < 4.78 is 0.482. The number of hydrogen-bond donors (Lipinski definition) is 2. The zero-order chi connectivity index (χ0) is 19.5. The van der Waals surface area contributed by atoms with Crippen molar-refractivity contribution in [1.29, 1.82) is 0 Å². The Morgan fingerprint density at radius 1 is 0.880 bits per heavy atom. The molecule has 0 aromatic heterocycles. The van der Waals surface area contributed by atoms with Gasteiger partial charge in [0.2, 0.25) is 0 Å². The van der Waals surface area contributed by atoms with E-state index in [4.69, 9.17) is 10.8 Å². The van der Waals surface area contributed by atoms with E-state index in [1.807, 2.05) is 13.8 Å². The van der Waals surface area contributed by atoms with Crippen LogP contribution in [0.15, 0.2) is 0 Å². The number of nitrogens with two attached hydrogens (primary N) is 1. The van der Waals surface area contributed by atoms with Gasteiger partial charge in [0.25, 0.3) is 0 Å². The van der Waals surface area contributed by atoms with Crippen molar-refractivity contribution in [3.05, 3.63) is 0 Å². The molecule has 5 heteroatoms. The molecule has 0 saturated heterocycles. The molecule has 0 spiro atoms. The molecule has 25 heavy (non-hydrogen) atoms. The second-order valence-electron chi connectivity index (χ2n) is 7.56. The van der Waals surface area contributed by atoms with Crippen LogP contribution < -0.4 is 5.73 Å². The van der Waals surface area contributed by atoms with E-state index in [1.165, 1.54) is 64.2 Å². The second-order valence-corrected chi connectivity index (χ2v) is 8.68. The summed E-state index contributed by atoms with van der Waals surface area (Å²) in [7, 11) is 0. The van der Waals surface area contributed by atoms with Crippen molar-refractivity contribution in [3.8, 4) is 0 Å². The van der Waals surface area contributed by atoms with Gasteiger partial charge in [0.15, 0.2) is 0 Å². The quantitative estimate of drug-likeness (QED) is 0.322. The minimum absolute atomic E-state index is 0.357. The van der Waals surface area contributed by atoms with Gasteiger partial charge in [-0.05, 0) is 12.3 Å². The van der Waals surface area contributed by atoms with Gasteiger partial charge in [0.05, 0.1) is 0 Å². The van der Waals surface area contributed by atoms with Gasteiger partial charge in [-0.2, -0.15) is 0 Å². The van der Waals surface area contributed by atoms with E-state index in [0.29, 0.717) is 15.4 Å². The number of carbonyl (C=O) groups is 2. The average molecular weight is 366 g/mol. The third kappa shape index (κ3) is 26.4. The van der Waals surface area contributed by atoms with Crippen LogP contribution in [0.5, 0.6) is 0 Å². The SMILES string of the molecule is CC(C)CC(N)C(=O)O.CCCCCCCCCCCCC[C](=O)[Na]. The summed E-state index contributed by atoms with van der Waals surface area (Å²) in [5.74, 6) is -0.556. The summed E-state index contributed by atoms with van der Waals surface area (Å²) >= 11 is 0.751. The summed E-state index contributed by atoms with van der Waals surface area (Å²) in [6, 6.07) is -0.690. The maximum absolute atomic E-state index is 10.8. The standard InChI is InChI=1S/C14H27O.C6H13NO2.Na/c1-2-3-4-5-6-7-8-9-10-11-12-13-14-15;1-4(2)3-5(7)6(8)9;/h2-13H2,1H3;4-5H,3,7H2,1-2H3,(H,8,9);. The van der Waals surface area contributed by atoms with Crippen molar-refractivity contribution in [2.75, 3.05) is 0 Å². The van der Waals surface area contributed by atoms with E-state index in [-0.39, 0.29) is 0 Å². The fourth-order valence-corrected chi connectivity index (χ4v) is 3.00. The first kappa shape index (κ1) is 27.3. The van der Waals surface area contributed by atoms with Crippen molar-refractivity contribution in [3.63, 3.8) is 0 Å². The van der Waals surface area contributed by atoms with E-state index in [9.17, 15) is 9.59 Å². The third-order valence-corrected chi connectivity index (χ3v) is 4.67. The Morgan fingerprint density at radius 3 is 1.56 bits per heavy atom. The molecule has 0 rings (SSSR count). The summed E-state index contributed by atoms with van der Waals surface area (Å²) in [6.07, 6.45) is 16.4. The first-order valence-corrected chi connectivity index (χ1v) is 11.3. The molecule has 0 heterocycles. The van der Waals surface area contributed by atoms with Crippen LogP contribution in [0, 0.1) is 5.92 Å². The number of carboxylic acids is 1. The molecule has 0 aromatic rings. The van der Waals surface area contributed by atoms with Crippen molar-refractivity contribution in [1.82, 2.24) is 0 Å². The molecule has 144 valence electrons. The molecule has 3 N–H and O–H groups in total. The van der Waals surface area contributed by atoms with Crippen LogP contribution in [0.1, 0.15) is 104 Å². The van der Waals surface area contributed by atoms with Crippen molar-refractivity contribution < 1.29 is 14.7 Å². The van der Waals surface area contributed by atoms with Gasteiger partial charge < -0.3 is 10.8 Å². The van der Waals surface area contributed by atoms with E-state index >= 15 is 0 Å². The summed E-state index contributed by atoms with van der Waals surface area (Å²) in [6.45, 7) is 6.16. The number of hydrogen-bond acceptors (Lipinski definition) is 3. The predicted octanol–water partition coefficient (Wildman–Crippen LogP) is 4.83. The number of rotatable bonds is 15. The minimum atomic E-state index is -0.913. The van der Waals surface area contributed by atoms with Gasteiger partial charge in [-0.25, -0.2) is 0 Å². The van der Waals surface area contributed by atoms with Crippen LogP contribution in [0.2, 0.25) is 0 Å². The molecule has 1 unspecified atom stereocenters. The molecule has 4 nitrogen and oxygen atoms in total. The van der Waals surface area contributed by atoms with E-state index in [1.54, 1.807) is 0 Å². The molecule has 0 saturated carbocycles. The Bertz CT molecular complexity index is 322. The van der Waals surface area contributed by atoms with Gasteiger partial charge in [0.1, 0.15) is 6.04 Å². The third-order valence-electron chi connectivity index (χ3n) is 4.17. The van der Waals surface area contributed by atoms with Crippen molar-refractivity contribution in [2.24, 2.45) is 11.7 Å². The van der Waals surface area contributed by atoms with Crippen molar-refractivity contribution >= 4 is 36.9 Å². The summed E-state index contributed by atoms with van der Waals surface area (Å²) in [4.78, 5) is 20.9. The Balaban J connectivity index is 0. The fourth-order valence-electron chi connectivity index (χ4n) is 2.65. The second kappa shape index (κ2) is 20.4. The normalized spacial score (nSPS) is 11.8. The Kier molecular flexibility index (Phi) is 22.3. The molecule has 0 fully saturated rings. The van der Waals surface area contributed by atoms with Gasteiger partial charge >= 0.3 is 112 Å². The average Bonchev–Trinajstić information content (AvgIpc) is 2.52. The molecule has 0 aliphatic heterocycles. The zero-order valence-corrected chi connectivity index (χ0v) is 19.2. The summed E-state index contributed by atoms with van der Waals surface area (Å²) in [5.41, 5.74) is 5.22. The van der Waals surface area contributed by atoms with Gasteiger partial charge in [-0.1, -0.05) is 27.2 Å². The van der Waals surface area contributed by atoms with E-state index in [0.717, 1.165) is 40.8 Å². The van der Waals surface area contributed by atoms with Crippen LogP contribution >= 0.6 is 0 Å². The van der Waals surface area contributed by atoms with Gasteiger partial charge in [-0.3, -0.25) is 4.79 Å². The molecule has 0 aliphatic rings. The van der Waals surface area contributed by atoms with E-state index < -0.39 is 12.0 Å². The molecule has 0 bridgehead atoms. The van der Waals surface area contributed by atoms with Crippen molar-refractivity contribution in [2.45, 2.75) is 110 Å². The topological polar surface area (TPSA) is 80.4 Å². The number of unbranched alkanes of at least 4 members (excludes halogenated alkanes) is 10. The number of carboxylic acid groups (broad SMARTS) is 1. The molecular weight excluding hydrogens is 325 g/mol. The predicted molar refractivity (Wildman–Crippen MR) is 107 cm³/mol. The number of aliphatic carboxylic acids is 1. The Hall–Kier alpha value is 0.1000. The van der Waals surface area contributed by atoms with E-state index in [2.05, 4.69) is 6.92 Å². The monoisotopic (exact) mass is 365 g/mol. The molecule has 0 aromatic carbocycles. The maximum atomic E-state index is 10.8. The Labute approximate surface area is 173 Å². The molecule has 0 amide bonds. The first-order valence-electron chi connectivity index (χ1n) is 10.3. The fraction of sp³-hybridized carbons (Fsp3) is 0.900. The molecule has 1 atom stereocenters. The molecule has 0 aliphatic carbocycles. The summed E-state index contributed by atoms with van der Waals surface area (Å²) in [5, 5.41) is 8.31. The number of carbonyl (C=O) groups excluding carboxylic acids is 1.